The van der Waals surface area contributed by atoms with Crippen molar-refractivity contribution in [3.8, 4) is 5.75 Å². The van der Waals surface area contributed by atoms with Gasteiger partial charge in [-0.25, -0.2) is 25.6 Å². The molecule has 2 aromatic carbocycles. The van der Waals surface area contributed by atoms with Crippen molar-refractivity contribution in [2.45, 2.75) is 53.9 Å². The molecule has 0 bridgehead atoms. The van der Waals surface area contributed by atoms with Crippen LogP contribution in [0, 0.1) is 17.6 Å². The molecular formula is C26H30ClF2NO6S2. The zero-order chi connectivity index (χ0) is 27.1. The fourth-order valence-electron chi connectivity index (χ4n) is 6.09. The largest absolute Gasteiger partial charge is 0.490 e. The number of piperidine rings is 1. The number of hydrogen-bond donors (Lipinski definition) is 1. The van der Waals surface area contributed by atoms with E-state index in [1.807, 2.05) is 0 Å². The molecule has 1 N–H and O–H groups in total. The molecule has 7 nitrogen and oxygen atoms in total. The smallest absolute Gasteiger partial charge is 0.189 e. The normalized spacial score (nSPS) is 27.7. The zero-order valence-electron chi connectivity index (χ0n) is 20.7. The molecule has 4 atom stereocenters. The molecule has 3 heterocycles. The summed E-state index contributed by atoms with van der Waals surface area (Å²) in [4.78, 5) is -0.0972. The van der Waals surface area contributed by atoms with Crippen molar-refractivity contribution < 1.29 is 35.1 Å². The Morgan fingerprint density at radius 2 is 1.76 bits per heavy atom. The number of sulfone groups is 2. The van der Waals surface area contributed by atoms with Gasteiger partial charge in [-0.3, -0.25) is 0 Å². The molecule has 0 spiro atoms. The minimum absolute atomic E-state index is 0.00718. The van der Waals surface area contributed by atoms with E-state index < -0.39 is 53.8 Å². The molecule has 12 heteroatoms. The molecule has 2 aromatic rings. The van der Waals surface area contributed by atoms with Crippen LogP contribution in [0.4, 0.5) is 8.78 Å². The Labute approximate surface area is 226 Å². The Hall–Kier alpha value is -1.79. The number of fused-ring (bicyclic) bond motifs is 3. The van der Waals surface area contributed by atoms with Crippen LogP contribution in [0.25, 0.3) is 0 Å². The first-order valence-corrected chi connectivity index (χ1v) is 16.4. The Morgan fingerprint density at radius 1 is 1.03 bits per heavy atom. The molecule has 5 rings (SSSR count). The number of halogens is 3. The van der Waals surface area contributed by atoms with Gasteiger partial charge in [-0.05, 0) is 68.6 Å². The Kier molecular flexibility index (Phi) is 7.78. The van der Waals surface area contributed by atoms with E-state index in [0.717, 1.165) is 37.9 Å². The van der Waals surface area contributed by atoms with Gasteiger partial charge < -0.3 is 14.8 Å². The highest BCUT2D eigenvalue weighted by Crippen LogP contribution is 2.56. The van der Waals surface area contributed by atoms with E-state index in [2.05, 4.69) is 5.32 Å². The number of nitrogens with one attached hydrogen (secondary N) is 1. The highest BCUT2D eigenvalue weighted by molar-refractivity contribution is 7.92. The molecule has 0 aliphatic carbocycles. The van der Waals surface area contributed by atoms with E-state index in [1.54, 1.807) is 0 Å². The monoisotopic (exact) mass is 589 g/mol. The van der Waals surface area contributed by atoms with E-state index >= 15 is 4.39 Å². The molecule has 38 heavy (non-hydrogen) atoms. The molecule has 3 aliphatic heterocycles. The summed E-state index contributed by atoms with van der Waals surface area (Å²) in [5, 5.41) is 3.56. The average Bonchev–Trinajstić information content (AvgIpc) is 2.89. The minimum Gasteiger partial charge on any atom is -0.490 e. The lowest BCUT2D eigenvalue weighted by Crippen LogP contribution is -2.57. The molecule has 0 unspecified atom stereocenters. The first-order valence-electron chi connectivity index (χ1n) is 12.7. The summed E-state index contributed by atoms with van der Waals surface area (Å²) < 4.78 is 94.5. The van der Waals surface area contributed by atoms with Crippen LogP contribution >= 0.6 is 11.6 Å². The topological polar surface area (TPSA) is 98.8 Å². The van der Waals surface area contributed by atoms with Crippen molar-refractivity contribution in [3.05, 3.63) is 58.6 Å². The number of ether oxygens (including phenoxy) is 2. The van der Waals surface area contributed by atoms with Gasteiger partial charge in [-0.2, -0.15) is 0 Å². The quantitative estimate of drug-likeness (QED) is 0.521. The predicted molar refractivity (Wildman–Crippen MR) is 139 cm³/mol. The number of benzene rings is 2. The van der Waals surface area contributed by atoms with Crippen LogP contribution in [0.5, 0.6) is 5.75 Å². The number of hydrogen-bond acceptors (Lipinski definition) is 7. The van der Waals surface area contributed by atoms with Gasteiger partial charge in [0, 0.05) is 23.6 Å². The van der Waals surface area contributed by atoms with Crippen molar-refractivity contribution in [3.63, 3.8) is 0 Å². The second-order valence-corrected chi connectivity index (χ2v) is 15.1. The van der Waals surface area contributed by atoms with Gasteiger partial charge in [-0.15, -0.1) is 0 Å². The molecule has 0 amide bonds. The van der Waals surface area contributed by atoms with Crippen LogP contribution < -0.4 is 10.1 Å². The van der Waals surface area contributed by atoms with Crippen LogP contribution in [0.1, 0.15) is 37.7 Å². The van der Waals surface area contributed by atoms with Gasteiger partial charge in [0.2, 0.25) is 0 Å². The summed E-state index contributed by atoms with van der Waals surface area (Å²) in [6, 6.07) is 7.19. The maximum Gasteiger partial charge on any atom is 0.189 e. The summed E-state index contributed by atoms with van der Waals surface area (Å²) in [6.07, 6.45) is 1.75. The predicted octanol–water partition coefficient (Wildman–Crippen LogP) is 4.03. The fourth-order valence-corrected chi connectivity index (χ4v) is 10.2. The van der Waals surface area contributed by atoms with Gasteiger partial charge >= 0.3 is 0 Å². The van der Waals surface area contributed by atoms with Crippen molar-refractivity contribution in [2.75, 3.05) is 31.3 Å². The van der Waals surface area contributed by atoms with E-state index in [4.69, 9.17) is 21.1 Å². The average molecular weight is 590 g/mol. The third-order valence-corrected chi connectivity index (χ3v) is 12.5. The van der Waals surface area contributed by atoms with Crippen LogP contribution in [0.2, 0.25) is 5.02 Å². The van der Waals surface area contributed by atoms with E-state index in [0.29, 0.717) is 5.02 Å². The SMILES string of the molecule is O=S(=O)(CC[C@@H]1OCC[C@@]2(S(=O)(=O)c3ccc(Cl)cc3)c3c(F)ccc(F)c3OC[C@@H]12)C[C@H]1CCCCN1. The fraction of sp³-hybridized carbons (Fsp3) is 0.538. The first-order chi connectivity index (χ1) is 18.0. The van der Waals surface area contributed by atoms with Gasteiger partial charge in [-0.1, -0.05) is 18.0 Å². The van der Waals surface area contributed by atoms with Gasteiger partial charge in [0.25, 0.3) is 0 Å². The lowest BCUT2D eigenvalue weighted by Gasteiger charge is -2.50. The lowest BCUT2D eigenvalue weighted by molar-refractivity contribution is -0.0732. The van der Waals surface area contributed by atoms with Crippen molar-refractivity contribution in [2.24, 2.45) is 5.92 Å². The molecule has 0 saturated carbocycles. The Morgan fingerprint density at radius 3 is 2.47 bits per heavy atom. The van der Waals surface area contributed by atoms with Crippen molar-refractivity contribution in [1.29, 1.82) is 0 Å². The first kappa shape index (κ1) is 27.8. The van der Waals surface area contributed by atoms with Crippen LogP contribution in [-0.2, 0) is 29.2 Å². The summed E-state index contributed by atoms with van der Waals surface area (Å²) >= 11 is 5.98. The lowest BCUT2D eigenvalue weighted by atomic mass is 9.75. The Bertz CT molecular complexity index is 1400. The molecule has 2 fully saturated rings. The van der Waals surface area contributed by atoms with Gasteiger partial charge in [0.05, 0.1) is 34.7 Å². The molecule has 3 aliphatic rings. The molecule has 208 valence electrons. The summed E-state index contributed by atoms with van der Waals surface area (Å²) in [5.74, 6) is -3.41. The third kappa shape index (κ3) is 4.96. The van der Waals surface area contributed by atoms with E-state index in [-0.39, 0.29) is 54.1 Å². The van der Waals surface area contributed by atoms with E-state index in [1.165, 1.54) is 24.3 Å². The summed E-state index contributed by atoms with van der Waals surface area (Å²) in [5.41, 5.74) is -0.369. The Balaban J connectivity index is 1.53. The second-order valence-electron chi connectivity index (χ2n) is 10.2. The molecule has 2 saturated heterocycles. The van der Waals surface area contributed by atoms with Crippen molar-refractivity contribution in [1.82, 2.24) is 5.32 Å². The van der Waals surface area contributed by atoms with Crippen molar-refractivity contribution >= 4 is 31.3 Å². The van der Waals surface area contributed by atoms with Crippen LogP contribution in [0.3, 0.4) is 0 Å². The van der Waals surface area contributed by atoms with E-state index in [9.17, 15) is 21.2 Å². The maximum atomic E-state index is 15.5. The zero-order valence-corrected chi connectivity index (χ0v) is 23.1. The highest BCUT2D eigenvalue weighted by atomic mass is 35.5. The van der Waals surface area contributed by atoms with Crippen LogP contribution in [-0.4, -0.2) is 60.2 Å². The van der Waals surface area contributed by atoms with Gasteiger partial charge in [0.1, 0.15) is 10.6 Å². The molecular weight excluding hydrogens is 560 g/mol. The maximum absolute atomic E-state index is 15.5. The molecule has 0 aromatic heterocycles. The number of rotatable bonds is 7. The minimum atomic E-state index is -4.35. The third-order valence-electron chi connectivity index (χ3n) is 7.93. The highest BCUT2D eigenvalue weighted by Gasteiger charge is 2.61. The summed E-state index contributed by atoms with van der Waals surface area (Å²) in [6.45, 7) is 0.431. The summed E-state index contributed by atoms with van der Waals surface area (Å²) in [7, 11) is -7.83. The molecule has 0 radical (unpaired) electrons. The van der Waals surface area contributed by atoms with Gasteiger partial charge in [0.15, 0.2) is 31.2 Å². The van der Waals surface area contributed by atoms with Crippen LogP contribution in [0.15, 0.2) is 41.3 Å². The second kappa shape index (κ2) is 10.6. The standard InChI is InChI=1S/C26H30ClF2NO6S2/c27-17-4-6-19(7-5-17)38(33,34)26-11-13-35-23(10-14-37(31,32)16-18-3-1-2-12-30-18)20(26)15-36-25-22(29)9-8-21(28)24(25)26/h4-9,18,20,23,30H,1-3,10-16H2/t18-,20+,23+,26+/m1/s1.